The van der Waals surface area contributed by atoms with E-state index in [0.717, 1.165) is 19.3 Å². The molecule has 2 amide bonds. The summed E-state index contributed by atoms with van der Waals surface area (Å²) in [5.41, 5.74) is -1.02. The van der Waals surface area contributed by atoms with Crippen LogP contribution in [0.2, 0.25) is 0 Å². The number of hydrogen-bond donors (Lipinski definition) is 2. The second kappa shape index (κ2) is 5.77. The average molecular weight is 270 g/mol. The first kappa shape index (κ1) is 14.1. The highest BCUT2D eigenvalue weighted by molar-refractivity contribution is 5.87. The standard InChI is InChI=1S/C13H22N2O4/c1-2-19-10-4-8-15(9-5-10)12(18)14-13(11(16)17)6-3-7-13/h10H,2-9H2,1H3,(H,14,18)(H,16,17). The summed E-state index contributed by atoms with van der Waals surface area (Å²) in [5.74, 6) is -0.920. The zero-order valence-electron chi connectivity index (χ0n) is 11.4. The van der Waals surface area contributed by atoms with Gasteiger partial charge in [0.05, 0.1) is 6.10 Å². The molecule has 0 bridgehead atoms. The van der Waals surface area contributed by atoms with Gasteiger partial charge in [-0.25, -0.2) is 9.59 Å². The molecule has 0 atom stereocenters. The molecule has 2 rings (SSSR count). The Labute approximate surface area is 113 Å². The second-order valence-corrected chi connectivity index (χ2v) is 5.31. The topological polar surface area (TPSA) is 78.9 Å². The molecule has 2 N–H and O–H groups in total. The van der Waals surface area contributed by atoms with Crippen molar-refractivity contribution in [1.29, 1.82) is 0 Å². The van der Waals surface area contributed by atoms with Gasteiger partial charge in [-0.3, -0.25) is 0 Å². The number of carbonyl (C=O) groups is 2. The van der Waals surface area contributed by atoms with E-state index in [-0.39, 0.29) is 12.1 Å². The summed E-state index contributed by atoms with van der Waals surface area (Å²) in [6.45, 7) is 3.92. The van der Waals surface area contributed by atoms with Crippen LogP contribution in [0.25, 0.3) is 0 Å². The van der Waals surface area contributed by atoms with Gasteiger partial charge in [-0.05, 0) is 39.0 Å². The number of nitrogens with one attached hydrogen (secondary N) is 1. The molecule has 0 spiro atoms. The number of carbonyl (C=O) groups excluding carboxylic acids is 1. The Morgan fingerprint density at radius 3 is 2.42 bits per heavy atom. The molecule has 0 aromatic rings. The lowest BCUT2D eigenvalue weighted by Gasteiger charge is -2.41. The number of carboxylic acid groups (broad SMARTS) is 1. The van der Waals surface area contributed by atoms with Crippen LogP contribution >= 0.6 is 0 Å². The molecule has 1 saturated heterocycles. The third-order valence-corrected chi connectivity index (χ3v) is 4.09. The molecule has 1 saturated carbocycles. The molecule has 1 aliphatic heterocycles. The van der Waals surface area contributed by atoms with Gasteiger partial charge in [0, 0.05) is 19.7 Å². The lowest BCUT2D eigenvalue weighted by molar-refractivity contribution is -0.148. The van der Waals surface area contributed by atoms with Crippen LogP contribution < -0.4 is 5.32 Å². The Balaban J connectivity index is 1.83. The fraction of sp³-hybridized carbons (Fsp3) is 0.846. The Morgan fingerprint density at radius 1 is 1.37 bits per heavy atom. The first-order valence-corrected chi connectivity index (χ1v) is 6.99. The number of nitrogens with zero attached hydrogens (tertiary/aromatic N) is 1. The minimum Gasteiger partial charge on any atom is -0.480 e. The number of amides is 2. The maximum atomic E-state index is 12.1. The monoisotopic (exact) mass is 270 g/mol. The Hall–Kier alpha value is -1.30. The van der Waals surface area contributed by atoms with E-state index in [1.165, 1.54) is 0 Å². The summed E-state index contributed by atoms with van der Waals surface area (Å²) in [4.78, 5) is 25.0. The maximum Gasteiger partial charge on any atom is 0.329 e. The number of likely N-dealkylation sites (tertiary alicyclic amines) is 1. The van der Waals surface area contributed by atoms with Gasteiger partial charge < -0.3 is 20.1 Å². The van der Waals surface area contributed by atoms with Crippen molar-refractivity contribution < 1.29 is 19.4 Å². The summed E-state index contributed by atoms with van der Waals surface area (Å²) in [6, 6.07) is -0.253. The van der Waals surface area contributed by atoms with Crippen LogP contribution in [0.15, 0.2) is 0 Å². The summed E-state index contributed by atoms with van der Waals surface area (Å²) in [5, 5.41) is 11.9. The van der Waals surface area contributed by atoms with E-state index in [4.69, 9.17) is 4.74 Å². The number of ether oxygens (including phenoxy) is 1. The molecule has 0 radical (unpaired) electrons. The summed E-state index contributed by atoms with van der Waals surface area (Å²) in [6.07, 6.45) is 3.79. The smallest absolute Gasteiger partial charge is 0.329 e. The summed E-state index contributed by atoms with van der Waals surface area (Å²) >= 11 is 0. The van der Waals surface area contributed by atoms with Gasteiger partial charge in [0.2, 0.25) is 0 Å². The molecule has 0 aromatic heterocycles. The SMILES string of the molecule is CCOC1CCN(C(=O)NC2(C(=O)O)CCC2)CC1. The molecular weight excluding hydrogens is 248 g/mol. The number of carboxylic acids is 1. The third kappa shape index (κ3) is 3.00. The molecule has 0 unspecified atom stereocenters. The molecule has 2 aliphatic rings. The predicted octanol–water partition coefficient (Wildman–Crippen LogP) is 1.20. The molecular formula is C13H22N2O4. The molecule has 108 valence electrons. The lowest BCUT2D eigenvalue weighted by atomic mass is 9.77. The molecule has 1 aliphatic carbocycles. The van der Waals surface area contributed by atoms with Crippen molar-refractivity contribution in [2.75, 3.05) is 19.7 Å². The van der Waals surface area contributed by atoms with Crippen molar-refractivity contribution in [3.05, 3.63) is 0 Å². The van der Waals surface area contributed by atoms with Crippen LogP contribution in [0.3, 0.4) is 0 Å². The molecule has 0 aromatic carbocycles. The Kier molecular flexibility index (Phi) is 4.29. The van der Waals surface area contributed by atoms with E-state index in [9.17, 15) is 14.7 Å². The maximum absolute atomic E-state index is 12.1. The van der Waals surface area contributed by atoms with Crippen molar-refractivity contribution in [3.8, 4) is 0 Å². The third-order valence-electron chi connectivity index (χ3n) is 4.09. The van der Waals surface area contributed by atoms with Crippen LogP contribution in [0.5, 0.6) is 0 Å². The van der Waals surface area contributed by atoms with Crippen LogP contribution in [0, 0.1) is 0 Å². The largest absolute Gasteiger partial charge is 0.480 e. The van der Waals surface area contributed by atoms with Gasteiger partial charge in [-0.15, -0.1) is 0 Å². The van der Waals surface area contributed by atoms with E-state index in [1.54, 1.807) is 4.90 Å². The van der Waals surface area contributed by atoms with Crippen LogP contribution in [0.4, 0.5) is 4.79 Å². The molecule has 19 heavy (non-hydrogen) atoms. The van der Waals surface area contributed by atoms with Gasteiger partial charge in [0.25, 0.3) is 0 Å². The fourth-order valence-electron chi connectivity index (χ4n) is 2.67. The van der Waals surface area contributed by atoms with Gasteiger partial charge in [-0.1, -0.05) is 0 Å². The predicted molar refractivity (Wildman–Crippen MR) is 69.0 cm³/mol. The molecule has 2 fully saturated rings. The van der Waals surface area contributed by atoms with Crippen molar-refractivity contribution in [3.63, 3.8) is 0 Å². The van der Waals surface area contributed by atoms with Crippen molar-refractivity contribution >= 4 is 12.0 Å². The van der Waals surface area contributed by atoms with Crippen molar-refractivity contribution in [1.82, 2.24) is 10.2 Å². The van der Waals surface area contributed by atoms with Gasteiger partial charge in [-0.2, -0.15) is 0 Å². The van der Waals surface area contributed by atoms with E-state index < -0.39 is 11.5 Å². The summed E-state index contributed by atoms with van der Waals surface area (Å²) in [7, 11) is 0. The quantitative estimate of drug-likeness (QED) is 0.804. The van der Waals surface area contributed by atoms with E-state index in [0.29, 0.717) is 32.5 Å². The van der Waals surface area contributed by atoms with Crippen molar-refractivity contribution in [2.45, 2.75) is 50.7 Å². The molecule has 6 nitrogen and oxygen atoms in total. The fourth-order valence-corrected chi connectivity index (χ4v) is 2.67. The zero-order valence-corrected chi connectivity index (χ0v) is 11.4. The molecule has 6 heteroatoms. The number of piperidine rings is 1. The van der Waals surface area contributed by atoms with E-state index >= 15 is 0 Å². The lowest BCUT2D eigenvalue weighted by Crippen LogP contribution is -2.62. The number of rotatable bonds is 4. The van der Waals surface area contributed by atoms with E-state index in [1.807, 2.05) is 6.92 Å². The van der Waals surface area contributed by atoms with Gasteiger partial charge in [0.15, 0.2) is 0 Å². The highest BCUT2D eigenvalue weighted by Crippen LogP contribution is 2.32. The normalized spacial score (nSPS) is 22.7. The number of aliphatic carboxylic acids is 1. The zero-order chi connectivity index (χ0) is 13.9. The first-order valence-electron chi connectivity index (χ1n) is 6.99. The second-order valence-electron chi connectivity index (χ2n) is 5.31. The van der Waals surface area contributed by atoms with E-state index in [2.05, 4.69) is 5.32 Å². The average Bonchev–Trinajstić information content (AvgIpc) is 2.34. The highest BCUT2D eigenvalue weighted by atomic mass is 16.5. The van der Waals surface area contributed by atoms with Crippen LogP contribution in [-0.4, -0.2) is 53.3 Å². The minimum atomic E-state index is -1.02. The minimum absolute atomic E-state index is 0.228. The highest BCUT2D eigenvalue weighted by Gasteiger charge is 2.46. The Bertz CT molecular complexity index is 347. The number of urea groups is 1. The first-order chi connectivity index (χ1) is 9.07. The summed E-state index contributed by atoms with van der Waals surface area (Å²) < 4.78 is 5.53. The van der Waals surface area contributed by atoms with Crippen molar-refractivity contribution in [2.24, 2.45) is 0 Å². The number of hydrogen-bond acceptors (Lipinski definition) is 3. The molecule has 1 heterocycles. The van der Waals surface area contributed by atoms with Gasteiger partial charge in [0.1, 0.15) is 5.54 Å². The van der Waals surface area contributed by atoms with Gasteiger partial charge >= 0.3 is 12.0 Å². The van der Waals surface area contributed by atoms with Crippen LogP contribution in [0.1, 0.15) is 39.0 Å². The Morgan fingerprint density at radius 2 is 2.00 bits per heavy atom. The van der Waals surface area contributed by atoms with Crippen LogP contribution in [-0.2, 0) is 9.53 Å².